The number of benzene rings is 4. The largest absolute Gasteiger partial charge is 0.361 e. The van der Waals surface area contributed by atoms with E-state index in [2.05, 4.69) is 126 Å². The third-order valence-corrected chi connectivity index (χ3v) is 6.29. The Labute approximate surface area is 196 Å². The zero-order valence-electron chi connectivity index (χ0n) is 18.9. The molecular formula is C32H29N. The molecular weight excluding hydrogens is 398 g/mol. The van der Waals surface area contributed by atoms with Gasteiger partial charge in [-0.2, -0.15) is 0 Å². The fraction of sp³-hybridized carbons (Fsp3) is 0.125. The molecule has 0 bridgehead atoms. The predicted molar refractivity (Wildman–Crippen MR) is 138 cm³/mol. The van der Waals surface area contributed by atoms with E-state index in [0.717, 1.165) is 25.7 Å². The summed E-state index contributed by atoms with van der Waals surface area (Å²) in [5, 5.41) is 0. The molecule has 4 aromatic carbocycles. The molecule has 0 aliphatic rings. The van der Waals surface area contributed by atoms with Gasteiger partial charge in [-0.1, -0.05) is 121 Å². The van der Waals surface area contributed by atoms with Crippen LogP contribution in [0.4, 0.5) is 0 Å². The highest BCUT2D eigenvalue weighted by molar-refractivity contribution is 5.46. The zero-order valence-corrected chi connectivity index (χ0v) is 18.9. The molecule has 0 aliphatic carbocycles. The summed E-state index contributed by atoms with van der Waals surface area (Å²) in [6.45, 7) is 0. The number of nitrogens with one attached hydrogen (secondary N) is 1. The van der Waals surface area contributed by atoms with Crippen LogP contribution in [0.15, 0.2) is 121 Å². The summed E-state index contributed by atoms with van der Waals surface area (Å²) >= 11 is 0. The van der Waals surface area contributed by atoms with Crippen molar-refractivity contribution in [2.75, 3.05) is 0 Å². The minimum absolute atomic E-state index is 0.916. The Balaban J connectivity index is 1.60. The van der Waals surface area contributed by atoms with E-state index in [9.17, 15) is 0 Å². The molecule has 1 heteroatoms. The van der Waals surface area contributed by atoms with Gasteiger partial charge in [-0.05, 0) is 46.2 Å². The first-order valence-corrected chi connectivity index (χ1v) is 11.7. The van der Waals surface area contributed by atoms with E-state index in [4.69, 9.17) is 0 Å². The van der Waals surface area contributed by atoms with E-state index >= 15 is 0 Å². The Bertz CT molecular complexity index is 1170. The van der Waals surface area contributed by atoms with Gasteiger partial charge >= 0.3 is 0 Å². The van der Waals surface area contributed by atoms with Crippen molar-refractivity contribution < 1.29 is 0 Å². The van der Waals surface area contributed by atoms with Crippen LogP contribution in [-0.4, -0.2) is 4.98 Å². The van der Waals surface area contributed by atoms with Crippen molar-refractivity contribution in [3.63, 3.8) is 0 Å². The van der Waals surface area contributed by atoms with Gasteiger partial charge in [-0.25, -0.2) is 0 Å². The second kappa shape index (κ2) is 10.2. The average molecular weight is 428 g/mol. The normalized spacial score (nSPS) is 10.9. The van der Waals surface area contributed by atoms with Crippen LogP contribution >= 0.6 is 0 Å². The lowest BCUT2D eigenvalue weighted by Crippen LogP contribution is -2.00. The highest BCUT2D eigenvalue weighted by Crippen LogP contribution is 2.29. The van der Waals surface area contributed by atoms with Crippen LogP contribution in [0.1, 0.15) is 44.8 Å². The first-order chi connectivity index (χ1) is 16.3. The summed E-state index contributed by atoms with van der Waals surface area (Å²) in [4.78, 5) is 3.89. The SMILES string of the molecule is c1ccc(Cc2[nH]c(Cc3ccccc3)c(Cc3ccccc3)c2Cc2ccccc2)cc1. The quantitative estimate of drug-likeness (QED) is 0.266. The smallest absolute Gasteiger partial charge is 0.0232 e. The molecule has 1 nitrogen and oxygen atoms in total. The predicted octanol–water partition coefficient (Wildman–Crippen LogP) is 7.38. The molecule has 1 aromatic heterocycles. The van der Waals surface area contributed by atoms with Crippen molar-refractivity contribution in [3.8, 4) is 0 Å². The van der Waals surface area contributed by atoms with Crippen LogP contribution in [-0.2, 0) is 25.7 Å². The molecule has 0 saturated carbocycles. The first kappa shape index (κ1) is 21.0. The van der Waals surface area contributed by atoms with Gasteiger partial charge in [0.25, 0.3) is 0 Å². The van der Waals surface area contributed by atoms with Crippen LogP contribution in [0.2, 0.25) is 0 Å². The lowest BCUT2D eigenvalue weighted by molar-refractivity contribution is 1.01. The standard InChI is InChI=1S/C32H29N/c1-5-13-25(14-6-1)21-29-30(22-26-15-7-2-8-16-26)32(24-28-19-11-4-12-20-28)33-31(29)23-27-17-9-3-10-18-27/h1-20,33H,21-24H2. The molecule has 1 heterocycles. The molecule has 0 atom stereocenters. The van der Waals surface area contributed by atoms with Gasteiger partial charge in [-0.15, -0.1) is 0 Å². The Morgan fingerprint density at radius 1 is 0.333 bits per heavy atom. The molecule has 0 saturated heterocycles. The molecule has 5 rings (SSSR count). The molecule has 5 aromatic rings. The van der Waals surface area contributed by atoms with Gasteiger partial charge in [0.05, 0.1) is 0 Å². The van der Waals surface area contributed by atoms with Gasteiger partial charge in [-0.3, -0.25) is 0 Å². The summed E-state index contributed by atoms with van der Waals surface area (Å²) in [7, 11) is 0. The maximum absolute atomic E-state index is 3.89. The number of hydrogen-bond donors (Lipinski definition) is 1. The summed E-state index contributed by atoms with van der Waals surface area (Å²) in [6, 6.07) is 43.3. The zero-order chi connectivity index (χ0) is 22.3. The minimum Gasteiger partial charge on any atom is -0.361 e. The monoisotopic (exact) mass is 427 g/mol. The summed E-state index contributed by atoms with van der Waals surface area (Å²) in [5.74, 6) is 0. The third-order valence-electron chi connectivity index (χ3n) is 6.29. The lowest BCUT2D eigenvalue weighted by Gasteiger charge is -2.11. The summed E-state index contributed by atoms with van der Waals surface area (Å²) in [5.41, 5.74) is 10.9. The molecule has 0 fully saturated rings. The first-order valence-electron chi connectivity index (χ1n) is 11.7. The second-order valence-electron chi connectivity index (χ2n) is 8.69. The third kappa shape index (κ3) is 5.32. The highest BCUT2D eigenvalue weighted by atomic mass is 14.7. The summed E-state index contributed by atoms with van der Waals surface area (Å²) < 4.78 is 0. The van der Waals surface area contributed by atoms with Crippen molar-refractivity contribution in [2.45, 2.75) is 25.7 Å². The topological polar surface area (TPSA) is 15.8 Å². The van der Waals surface area contributed by atoms with Crippen LogP contribution < -0.4 is 0 Å². The molecule has 0 unspecified atom stereocenters. The average Bonchev–Trinajstić information content (AvgIpc) is 3.17. The van der Waals surface area contributed by atoms with Crippen LogP contribution in [0.25, 0.3) is 0 Å². The maximum atomic E-state index is 3.89. The molecule has 0 radical (unpaired) electrons. The number of aromatic amines is 1. The molecule has 0 spiro atoms. The number of aromatic nitrogens is 1. The Kier molecular flexibility index (Phi) is 6.49. The number of rotatable bonds is 8. The molecule has 0 aliphatic heterocycles. The Morgan fingerprint density at radius 3 is 0.909 bits per heavy atom. The van der Waals surface area contributed by atoms with Crippen LogP contribution in [0.3, 0.4) is 0 Å². The molecule has 162 valence electrons. The fourth-order valence-corrected chi connectivity index (χ4v) is 4.63. The maximum Gasteiger partial charge on any atom is 0.0232 e. The van der Waals surface area contributed by atoms with Crippen LogP contribution in [0.5, 0.6) is 0 Å². The molecule has 33 heavy (non-hydrogen) atoms. The number of H-pyrrole nitrogens is 1. The molecule has 1 N–H and O–H groups in total. The highest BCUT2D eigenvalue weighted by Gasteiger charge is 2.19. The Hall–Kier alpha value is -3.84. The van der Waals surface area contributed by atoms with E-state index in [1.165, 1.54) is 44.8 Å². The van der Waals surface area contributed by atoms with Gasteiger partial charge < -0.3 is 4.98 Å². The fourth-order valence-electron chi connectivity index (χ4n) is 4.63. The van der Waals surface area contributed by atoms with Crippen molar-refractivity contribution in [1.82, 2.24) is 4.98 Å². The minimum atomic E-state index is 0.916. The molecule has 0 amide bonds. The van der Waals surface area contributed by atoms with E-state index in [1.54, 1.807) is 0 Å². The van der Waals surface area contributed by atoms with Crippen molar-refractivity contribution in [1.29, 1.82) is 0 Å². The second-order valence-corrected chi connectivity index (χ2v) is 8.69. The van der Waals surface area contributed by atoms with Gasteiger partial charge in [0.1, 0.15) is 0 Å². The van der Waals surface area contributed by atoms with Crippen molar-refractivity contribution in [3.05, 3.63) is 166 Å². The van der Waals surface area contributed by atoms with Gasteiger partial charge in [0, 0.05) is 24.2 Å². The van der Waals surface area contributed by atoms with E-state index < -0.39 is 0 Å². The Morgan fingerprint density at radius 2 is 0.606 bits per heavy atom. The van der Waals surface area contributed by atoms with Crippen LogP contribution in [0, 0.1) is 0 Å². The van der Waals surface area contributed by atoms with E-state index in [1.807, 2.05) is 0 Å². The van der Waals surface area contributed by atoms with E-state index in [0.29, 0.717) is 0 Å². The van der Waals surface area contributed by atoms with E-state index in [-0.39, 0.29) is 0 Å². The lowest BCUT2D eigenvalue weighted by atomic mass is 9.92. The van der Waals surface area contributed by atoms with Gasteiger partial charge in [0.2, 0.25) is 0 Å². The van der Waals surface area contributed by atoms with Crippen molar-refractivity contribution in [2.24, 2.45) is 0 Å². The summed E-state index contributed by atoms with van der Waals surface area (Å²) in [6.07, 6.45) is 3.71. The van der Waals surface area contributed by atoms with Crippen molar-refractivity contribution >= 4 is 0 Å². The van der Waals surface area contributed by atoms with Gasteiger partial charge in [0.15, 0.2) is 0 Å². The number of hydrogen-bond acceptors (Lipinski definition) is 0.